The van der Waals surface area contributed by atoms with Crippen LogP contribution in [0.5, 0.6) is 0 Å². The largest absolute Gasteiger partial charge is 0.369 e. The molecule has 0 aliphatic rings. The van der Waals surface area contributed by atoms with Crippen molar-refractivity contribution in [3.8, 4) is 11.6 Å². The molecule has 0 saturated heterocycles. The van der Waals surface area contributed by atoms with E-state index in [1.807, 2.05) is 88.4 Å². The smallest absolute Gasteiger partial charge is 0.299 e. The Balaban J connectivity index is 2.50. The van der Waals surface area contributed by atoms with Crippen LogP contribution in [0.4, 0.5) is 5.69 Å². The SMILES string of the molecule is CCOP(=O)(C#CC(C)(C)C)C(Nc1ccccc1)c1ccccc1. The molecule has 25 heavy (non-hydrogen) atoms. The zero-order valence-corrected chi connectivity index (χ0v) is 16.2. The second-order valence-electron chi connectivity index (χ2n) is 6.83. The van der Waals surface area contributed by atoms with Crippen molar-refractivity contribution in [3.63, 3.8) is 0 Å². The number of hydrogen-bond donors (Lipinski definition) is 1. The van der Waals surface area contributed by atoms with E-state index >= 15 is 0 Å². The van der Waals surface area contributed by atoms with Gasteiger partial charge in [0.05, 0.1) is 6.61 Å². The van der Waals surface area contributed by atoms with Gasteiger partial charge in [0.2, 0.25) is 0 Å². The normalized spacial score (nSPS) is 14.7. The van der Waals surface area contributed by atoms with Gasteiger partial charge in [-0.2, -0.15) is 0 Å². The highest BCUT2D eigenvalue weighted by molar-refractivity contribution is 7.64. The molecule has 2 aromatic rings. The van der Waals surface area contributed by atoms with Crippen LogP contribution in [-0.4, -0.2) is 6.61 Å². The monoisotopic (exact) mass is 355 g/mol. The lowest BCUT2D eigenvalue weighted by Gasteiger charge is -2.26. The van der Waals surface area contributed by atoms with Crippen molar-refractivity contribution in [3.05, 3.63) is 66.2 Å². The summed E-state index contributed by atoms with van der Waals surface area (Å²) in [6.45, 7) is 8.18. The molecule has 2 unspecified atom stereocenters. The fourth-order valence-corrected chi connectivity index (χ4v) is 4.40. The lowest BCUT2D eigenvalue weighted by atomic mass is 9.99. The van der Waals surface area contributed by atoms with Gasteiger partial charge >= 0.3 is 0 Å². The third-order valence-corrected chi connectivity index (χ3v) is 5.61. The molecule has 0 fully saturated rings. The van der Waals surface area contributed by atoms with Crippen LogP contribution in [0.3, 0.4) is 0 Å². The van der Waals surface area contributed by atoms with Gasteiger partial charge in [-0.25, -0.2) is 0 Å². The molecular formula is C21H26NO2P. The molecule has 2 rings (SSSR count). The first-order valence-corrected chi connectivity index (χ1v) is 10.2. The summed E-state index contributed by atoms with van der Waals surface area (Å²) >= 11 is 0. The number of hydrogen-bond acceptors (Lipinski definition) is 3. The molecule has 0 aromatic heterocycles. The summed E-state index contributed by atoms with van der Waals surface area (Å²) in [5, 5.41) is 3.37. The van der Waals surface area contributed by atoms with E-state index in [-0.39, 0.29) is 5.41 Å². The molecule has 4 heteroatoms. The average molecular weight is 355 g/mol. The van der Waals surface area contributed by atoms with Gasteiger partial charge < -0.3 is 9.84 Å². The third-order valence-electron chi connectivity index (χ3n) is 3.44. The topological polar surface area (TPSA) is 38.3 Å². The highest BCUT2D eigenvalue weighted by Gasteiger charge is 2.34. The Morgan fingerprint density at radius 3 is 2.12 bits per heavy atom. The van der Waals surface area contributed by atoms with Crippen LogP contribution in [-0.2, 0) is 9.09 Å². The number of rotatable bonds is 6. The first-order valence-electron chi connectivity index (χ1n) is 8.49. The quantitative estimate of drug-likeness (QED) is 0.501. The maximum Gasteiger partial charge on any atom is 0.299 e. The van der Waals surface area contributed by atoms with E-state index in [4.69, 9.17) is 4.52 Å². The Hall–Kier alpha value is -2.01. The predicted octanol–water partition coefficient (Wildman–Crippen LogP) is 6.12. The van der Waals surface area contributed by atoms with Gasteiger partial charge in [-0.1, -0.05) is 54.5 Å². The molecule has 1 N–H and O–H groups in total. The summed E-state index contributed by atoms with van der Waals surface area (Å²) in [6, 6.07) is 19.4. The standard InChI is InChI=1S/C21H26NO2P/c1-5-24-25(23,17-16-21(2,3)4)20(18-12-8-6-9-13-18)22-19-14-10-7-11-15-19/h6-15,20,22H,5H2,1-4H3. The van der Waals surface area contributed by atoms with Gasteiger partial charge in [0.25, 0.3) is 7.37 Å². The molecule has 3 nitrogen and oxygen atoms in total. The fourth-order valence-electron chi connectivity index (χ4n) is 2.30. The van der Waals surface area contributed by atoms with Crippen LogP contribution in [0.2, 0.25) is 0 Å². The zero-order chi connectivity index (χ0) is 18.3. The van der Waals surface area contributed by atoms with E-state index in [0.29, 0.717) is 6.61 Å². The van der Waals surface area contributed by atoms with Crippen molar-refractivity contribution in [1.82, 2.24) is 0 Å². The molecule has 0 heterocycles. The first-order chi connectivity index (χ1) is 11.8. The van der Waals surface area contributed by atoms with Crippen molar-refractivity contribution >= 4 is 13.1 Å². The summed E-state index contributed by atoms with van der Waals surface area (Å²) < 4.78 is 19.4. The van der Waals surface area contributed by atoms with Gasteiger partial charge in [0.1, 0.15) is 5.78 Å². The van der Waals surface area contributed by atoms with Crippen molar-refractivity contribution in [2.75, 3.05) is 11.9 Å². The molecule has 0 radical (unpaired) electrons. The molecular weight excluding hydrogens is 329 g/mol. The highest BCUT2D eigenvalue weighted by Crippen LogP contribution is 2.59. The number of anilines is 1. The predicted molar refractivity (Wildman–Crippen MR) is 106 cm³/mol. The van der Waals surface area contributed by atoms with Crippen molar-refractivity contribution in [1.29, 1.82) is 0 Å². The van der Waals surface area contributed by atoms with E-state index in [1.165, 1.54) is 0 Å². The fraction of sp³-hybridized carbons (Fsp3) is 0.333. The number of para-hydroxylation sites is 1. The van der Waals surface area contributed by atoms with Crippen LogP contribution >= 0.6 is 7.37 Å². The summed E-state index contributed by atoms with van der Waals surface area (Å²) in [5.41, 5.74) is 4.51. The van der Waals surface area contributed by atoms with E-state index in [2.05, 4.69) is 16.9 Å². The van der Waals surface area contributed by atoms with Gasteiger partial charge in [0, 0.05) is 11.1 Å². The van der Waals surface area contributed by atoms with Crippen LogP contribution in [0.1, 0.15) is 39.0 Å². The van der Waals surface area contributed by atoms with E-state index < -0.39 is 13.2 Å². The van der Waals surface area contributed by atoms with Crippen molar-refractivity contribution in [2.24, 2.45) is 5.41 Å². The molecule has 132 valence electrons. The Kier molecular flexibility index (Phi) is 6.48. The molecule has 2 aromatic carbocycles. The van der Waals surface area contributed by atoms with Crippen LogP contribution in [0.15, 0.2) is 60.7 Å². The number of benzene rings is 2. The maximum atomic E-state index is 13.7. The summed E-state index contributed by atoms with van der Waals surface area (Å²) in [7, 11) is -3.29. The Morgan fingerprint density at radius 2 is 1.60 bits per heavy atom. The van der Waals surface area contributed by atoms with Crippen molar-refractivity contribution < 1.29 is 9.09 Å². The molecule has 0 amide bonds. The minimum absolute atomic E-state index is 0.249. The summed E-state index contributed by atoms with van der Waals surface area (Å²) in [5.74, 6) is 2.58. The van der Waals surface area contributed by atoms with E-state index in [9.17, 15) is 4.57 Å². The summed E-state index contributed by atoms with van der Waals surface area (Å²) in [6.07, 6.45) is 0. The first kappa shape index (κ1) is 19.3. The summed E-state index contributed by atoms with van der Waals surface area (Å²) in [4.78, 5) is 0. The van der Waals surface area contributed by atoms with E-state index in [0.717, 1.165) is 11.3 Å². The molecule has 0 aliphatic carbocycles. The average Bonchev–Trinajstić information content (AvgIpc) is 2.59. The lowest BCUT2D eigenvalue weighted by Crippen LogP contribution is -2.13. The van der Waals surface area contributed by atoms with Crippen molar-refractivity contribution in [2.45, 2.75) is 33.5 Å². The lowest BCUT2D eigenvalue weighted by molar-refractivity contribution is 0.336. The second kappa shape index (κ2) is 8.39. The molecule has 0 spiro atoms. The third kappa shape index (κ3) is 5.78. The van der Waals surface area contributed by atoms with Gasteiger partial charge in [-0.05, 0) is 51.1 Å². The van der Waals surface area contributed by atoms with Crippen LogP contribution in [0.25, 0.3) is 0 Å². The van der Waals surface area contributed by atoms with Gasteiger partial charge in [0.15, 0.2) is 0 Å². The van der Waals surface area contributed by atoms with Gasteiger partial charge in [-0.15, -0.1) is 0 Å². The molecule has 2 atom stereocenters. The molecule has 0 saturated carbocycles. The van der Waals surface area contributed by atoms with Crippen LogP contribution < -0.4 is 5.32 Å². The van der Waals surface area contributed by atoms with E-state index in [1.54, 1.807) is 0 Å². The Bertz CT molecular complexity index is 770. The molecule has 0 bridgehead atoms. The second-order valence-corrected chi connectivity index (χ2v) is 9.02. The Morgan fingerprint density at radius 1 is 1.04 bits per heavy atom. The van der Waals surface area contributed by atoms with Gasteiger partial charge in [-0.3, -0.25) is 4.57 Å². The Labute approximate surface area is 151 Å². The highest BCUT2D eigenvalue weighted by atomic mass is 31.2. The zero-order valence-electron chi connectivity index (χ0n) is 15.3. The minimum Gasteiger partial charge on any atom is -0.369 e. The molecule has 0 aliphatic heterocycles. The minimum atomic E-state index is -3.29. The van der Waals surface area contributed by atoms with Crippen LogP contribution in [0, 0.1) is 17.0 Å². The number of nitrogens with one attached hydrogen (secondary N) is 1. The maximum absolute atomic E-state index is 13.7.